The Morgan fingerprint density at radius 2 is 1.83 bits per heavy atom. The number of benzene rings is 2. The van der Waals surface area contributed by atoms with Crippen molar-refractivity contribution >= 4 is 17.5 Å². The minimum atomic E-state index is -0.356. The monoisotopic (exact) mass is 394 g/mol. The zero-order valence-corrected chi connectivity index (χ0v) is 15.5. The summed E-state index contributed by atoms with van der Waals surface area (Å²) in [5, 5.41) is 5.87. The molecule has 29 heavy (non-hydrogen) atoms. The molecule has 2 heterocycles. The van der Waals surface area contributed by atoms with Crippen molar-refractivity contribution in [3.63, 3.8) is 0 Å². The van der Waals surface area contributed by atoms with Crippen molar-refractivity contribution in [1.82, 2.24) is 9.97 Å². The molecule has 0 bridgehead atoms. The van der Waals surface area contributed by atoms with Crippen LogP contribution in [0.3, 0.4) is 0 Å². The second-order valence-corrected chi connectivity index (χ2v) is 6.38. The highest BCUT2D eigenvalue weighted by Crippen LogP contribution is 2.32. The molecule has 0 spiro atoms. The lowest BCUT2D eigenvalue weighted by Crippen LogP contribution is -2.17. The van der Waals surface area contributed by atoms with Gasteiger partial charge in [-0.2, -0.15) is 0 Å². The number of rotatable bonds is 6. The van der Waals surface area contributed by atoms with Crippen LogP contribution < -0.4 is 20.1 Å². The summed E-state index contributed by atoms with van der Waals surface area (Å²) in [7, 11) is 0. The number of hydrogen-bond donors (Lipinski definition) is 2. The van der Waals surface area contributed by atoms with E-state index >= 15 is 0 Å². The molecule has 148 valence electrons. The van der Waals surface area contributed by atoms with Gasteiger partial charge in [0.05, 0.1) is 0 Å². The van der Waals surface area contributed by atoms with Crippen molar-refractivity contribution in [3.8, 4) is 11.5 Å². The Morgan fingerprint density at radius 3 is 2.66 bits per heavy atom. The number of aromatic nitrogens is 2. The second kappa shape index (κ2) is 8.55. The standard InChI is InChI=1S/C21H19FN4O3/c22-15-3-1-14(2-4-15)7-9-23-21-24-10-8-17(26-21)20(27)25-16-5-6-18-19(13-16)29-12-11-28-18/h1-6,8,10,13H,7,9,11-12H2,(H,25,27)(H,23,24,26). The van der Waals surface area contributed by atoms with Crippen molar-refractivity contribution < 1.29 is 18.7 Å². The van der Waals surface area contributed by atoms with Gasteiger partial charge in [-0.25, -0.2) is 14.4 Å². The first-order chi connectivity index (χ1) is 14.2. The number of nitrogens with one attached hydrogen (secondary N) is 2. The van der Waals surface area contributed by atoms with E-state index in [0.29, 0.717) is 49.3 Å². The van der Waals surface area contributed by atoms with E-state index in [9.17, 15) is 9.18 Å². The van der Waals surface area contributed by atoms with Crippen LogP contribution in [0.5, 0.6) is 11.5 Å². The third kappa shape index (κ3) is 4.78. The molecule has 0 radical (unpaired) electrons. The Morgan fingerprint density at radius 1 is 1.03 bits per heavy atom. The summed E-state index contributed by atoms with van der Waals surface area (Å²) in [4.78, 5) is 20.9. The third-order valence-electron chi connectivity index (χ3n) is 4.30. The molecule has 7 nitrogen and oxygen atoms in total. The first-order valence-corrected chi connectivity index (χ1v) is 9.20. The molecule has 0 atom stereocenters. The van der Waals surface area contributed by atoms with E-state index in [1.807, 2.05) is 0 Å². The van der Waals surface area contributed by atoms with Crippen LogP contribution in [0.1, 0.15) is 16.1 Å². The fraction of sp³-hybridized carbons (Fsp3) is 0.190. The minimum absolute atomic E-state index is 0.235. The molecule has 8 heteroatoms. The molecule has 0 aliphatic carbocycles. The summed E-state index contributed by atoms with van der Waals surface area (Å²) in [6.07, 6.45) is 2.20. The number of amides is 1. The van der Waals surface area contributed by atoms with Gasteiger partial charge in [-0.15, -0.1) is 0 Å². The first kappa shape index (κ1) is 18.7. The fourth-order valence-electron chi connectivity index (χ4n) is 2.86. The molecular formula is C21H19FN4O3. The third-order valence-corrected chi connectivity index (χ3v) is 4.30. The van der Waals surface area contributed by atoms with E-state index in [0.717, 1.165) is 5.56 Å². The van der Waals surface area contributed by atoms with Gasteiger partial charge in [0.1, 0.15) is 24.7 Å². The van der Waals surface area contributed by atoms with Crippen molar-refractivity contribution in [2.24, 2.45) is 0 Å². The highest BCUT2D eigenvalue weighted by atomic mass is 19.1. The second-order valence-electron chi connectivity index (χ2n) is 6.38. The quantitative estimate of drug-likeness (QED) is 0.667. The van der Waals surface area contributed by atoms with E-state index in [-0.39, 0.29) is 17.4 Å². The Labute approximate surface area is 166 Å². The molecule has 0 unspecified atom stereocenters. The molecule has 0 saturated carbocycles. The molecule has 3 aromatic rings. The molecule has 1 aromatic heterocycles. The number of ether oxygens (including phenoxy) is 2. The van der Waals surface area contributed by atoms with Gasteiger partial charge >= 0.3 is 0 Å². The lowest BCUT2D eigenvalue weighted by Gasteiger charge is -2.19. The van der Waals surface area contributed by atoms with Crippen molar-refractivity contribution in [3.05, 3.63) is 71.8 Å². The van der Waals surface area contributed by atoms with E-state index < -0.39 is 0 Å². The normalized spacial score (nSPS) is 12.3. The molecule has 4 rings (SSSR count). The average Bonchev–Trinajstić information content (AvgIpc) is 2.75. The predicted molar refractivity (Wildman–Crippen MR) is 106 cm³/mol. The predicted octanol–water partition coefficient (Wildman–Crippen LogP) is 3.29. The lowest BCUT2D eigenvalue weighted by molar-refractivity contribution is 0.102. The Balaban J connectivity index is 1.36. The van der Waals surface area contributed by atoms with E-state index in [1.54, 1.807) is 36.4 Å². The number of hydrogen-bond acceptors (Lipinski definition) is 6. The number of halogens is 1. The maximum Gasteiger partial charge on any atom is 0.274 e. The zero-order chi connectivity index (χ0) is 20.1. The topological polar surface area (TPSA) is 85.4 Å². The molecule has 2 N–H and O–H groups in total. The number of fused-ring (bicyclic) bond motifs is 1. The van der Waals surface area contributed by atoms with Crippen molar-refractivity contribution in [1.29, 1.82) is 0 Å². The molecule has 1 aliphatic rings. The minimum Gasteiger partial charge on any atom is -0.486 e. The van der Waals surface area contributed by atoms with Gasteiger partial charge in [0, 0.05) is 24.5 Å². The summed E-state index contributed by atoms with van der Waals surface area (Å²) in [6, 6.07) is 13.1. The van der Waals surface area contributed by atoms with E-state index in [4.69, 9.17) is 9.47 Å². The van der Waals surface area contributed by atoms with Crippen LogP contribution in [0.15, 0.2) is 54.7 Å². The molecule has 0 saturated heterocycles. The SMILES string of the molecule is O=C(Nc1ccc2c(c1)OCCO2)c1ccnc(NCCc2ccc(F)cc2)n1. The highest BCUT2D eigenvalue weighted by Gasteiger charge is 2.14. The van der Waals surface area contributed by atoms with Crippen molar-refractivity contribution in [2.75, 3.05) is 30.4 Å². The number of anilines is 2. The molecule has 1 aliphatic heterocycles. The van der Waals surface area contributed by atoms with Crippen LogP contribution in [0.2, 0.25) is 0 Å². The molecular weight excluding hydrogens is 375 g/mol. The van der Waals surface area contributed by atoms with Gasteiger partial charge in [0.15, 0.2) is 11.5 Å². The average molecular weight is 394 g/mol. The number of nitrogens with zero attached hydrogens (tertiary/aromatic N) is 2. The van der Waals surface area contributed by atoms with Crippen LogP contribution in [0, 0.1) is 5.82 Å². The Hall–Kier alpha value is -3.68. The Kier molecular flexibility index (Phi) is 5.51. The van der Waals surface area contributed by atoms with Crippen LogP contribution in [-0.2, 0) is 6.42 Å². The summed E-state index contributed by atoms with van der Waals surface area (Å²) in [5.41, 5.74) is 1.81. The highest BCUT2D eigenvalue weighted by molar-refractivity contribution is 6.03. The zero-order valence-electron chi connectivity index (χ0n) is 15.5. The maximum absolute atomic E-state index is 12.9. The summed E-state index contributed by atoms with van der Waals surface area (Å²) >= 11 is 0. The van der Waals surface area contributed by atoms with Gasteiger partial charge in [0.2, 0.25) is 5.95 Å². The van der Waals surface area contributed by atoms with Gasteiger partial charge in [0.25, 0.3) is 5.91 Å². The number of carbonyl (C=O) groups is 1. The van der Waals surface area contributed by atoms with Gasteiger partial charge in [-0.3, -0.25) is 4.79 Å². The molecule has 2 aromatic carbocycles. The smallest absolute Gasteiger partial charge is 0.274 e. The van der Waals surface area contributed by atoms with Crippen molar-refractivity contribution in [2.45, 2.75) is 6.42 Å². The molecule has 1 amide bonds. The van der Waals surface area contributed by atoms with Crippen LogP contribution in [0.25, 0.3) is 0 Å². The Bertz CT molecular complexity index is 1010. The summed E-state index contributed by atoms with van der Waals surface area (Å²) in [6.45, 7) is 1.54. The van der Waals surface area contributed by atoms with Gasteiger partial charge in [-0.05, 0) is 42.3 Å². The van der Waals surface area contributed by atoms with Crippen LogP contribution in [0.4, 0.5) is 16.0 Å². The number of carbonyl (C=O) groups excluding carboxylic acids is 1. The van der Waals surface area contributed by atoms with E-state index in [1.165, 1.54) is 18.3 Å². The summed E-state index contributed by atoms with van der Waals surface area (Å²) in [5.74, 6) is 0.984. The lowest BCUT2D eigenvalue weighted by atomic mass is 10.1. The van der Waals surface area contributed by atoms with Crippen LogP contribution in [-0.4, -0.2) is 35.6 Å². The summed E-state index contributed by atoms with van der Waals surface area (Å²) < 4.78 is 23.9. The molecule has 0 fully saturated rings. The van der Waals surface area contributed by atoms with E-state index in [2.05, 4.69) is 20.6 Å². The maximum atomic E-state index is 12.9. The fourth-order valence-corrected chi connectivity index (χ4v) is 2.86. The van der Waals surface area contributed by atoms with Crippen LogP contribution >= 0.6 is 0 Å². The van der Waals surface area contributed by atoms with Gasteiger partial charge in [-0.1, -0.05) is 12.1 Å². The largest absolute Gasteiger partial charge is 0.486 e. The first-order valence-electron chi connectivity index (χ1n) is 9.20. The van der Waals surface area contributed by atoms with Gasteiger partial charge < -0.3 is 20.1 Å².